The molecule has 0 unspecified atom stereocenters. The van der Waals surface area contributed by atoms with Gasteiger partial charge in [-0.2, -0.15) is 0 Å². The van der Waals surface area contributed by atoms with E-state index in [9.17, 15) is 0 Å². The van der Waals surface area contributed by atoms with Crippen LogP contribution in [0.4, 0.5) is 10.1 Å². The summed E-state index contributed by atoms with van der Waals surface area (Å²) in [7, 11) is 0. The Bertz CT molecular complexity index is 1230. The quantitative estimate of drug-likeness (QED) is 0.595. The van der Waals surface area contributed by atoms with Gasteiger partial charge >= 0.3 is 0 Å². The Morgan fingerprint density at radius 3 is 2.68 bits per heavy atom. The molecule has 1 aromatic carbocycles. The number of nitrogens with zero attached hydrogens (tertiary/aromatic N) is 5. The lowest BCUT2D eigenvalue weighted by Gasteiger charge is -2.54. The monoisotopic (exact) mass is 423 g/mol. The lowest BCUT2D eigenvalue weighted by Crippen LogP contribution is -2.65. The largest absolute Gasteiger partial charge is 0.372 e. The number of anilines is 1. The van der Waals surface area contributed by atoms with Crippen LogP contribution in [0.2, 0.25) is 0 Å². The molecule has 31 heavy (non-hydrogen) atoms. The Morgan fingerprint density at radius 1 is 1.13 bits per heavy atom. The summed E-state index contributed by atoms with van der Waals surface area (Å²) >= 11 is 0. The third-order valence-electron chi connectivity index (χ3n) is 6.47. The van der Waals surface area contributed by atoms with Crippen molar-refractivity contribution >= 4 is 29.1 Å². The molecule has 1 fully saturated rings. The molecule has 0 saturated carbocycles. The number of hydrogen-bond donors (Lipinski definition) is 0. The molecule has 2 aromatic heterocycles. The minimum Gasteiger partial charge on any atom is -0.372 e. The number of ether oxygens (including phenoxy) is 1. The van der Waals surface area contributed by atoms with Crippen LogP contribution in [0.5, 0.6) is 0 Å². The Labute approximate surface area is 177 Å². The highest BCUT2D eigenvalue weighted by Crippen LogP contribution is 2.48. The van der Waals surface area contributed by atoms with Gasteiger partial charge in [0.1, 0.15) is 23.8 Å². The van der Waals surface area contributed by atoms with Gasteiger partial charge in [-0.15, -0.1) is 0 Å². The van der Waals surface area contributed by atoms with E-state index in [0.717, 1.165) is 5.56 Å². The summed E-state index contributed by atoms with van der Waals surface area (Å²) in [4.78, 5) is 11.0. The fourth-order valence-corrected chi connectivity index (χ4v) is 5.45. The van der Waals surface area contributed by atoms with Crippen molar-refractivity contribution in [3.8, 4) is 11.4 Å². The minimum absolute atomic E-state index is 0.0368. The van der Waals surface area contributed by atoms with Gasteiger partial charge in [0.25, 0.3) is 0 Å². The van der Waals surface area contributed by atoms with E-state index in [1.165, 1.54) is 0 Å². The number of aromatic nitrogens is 2. The molecule has 0 radical (unpaired) electrons. The van der Waals surface area contributed by atoms with Crippen molar-refractivity contribution in [3.05, 3.63) is 29.3 Å². The highest BCUT2D eigenvalue weighted by Gasteiger charge is 2.52. The van der Waals surface area contributed by atoms with Gasteiger partial charge in [-0.25, -0.2) is 4.39 Å². The second-order valence-electron chi connectivity index (χ2n) is 8.73. The van der Waals surface area contributed by atoms with Gasteiger partial charge in [0.2, 0.25) is 5.58 Å². The van der Waals surface area contributed by atoms with Crippen LogP contribution < -0.4 is 4.90 Å². The van der Waals surface area contributed by atoms with Crippen LogP contribution in [0.1, 0.15) is 25.2 Å². The molecule has 8 nitrogen and oxygen atoms in total. The van der Waals surface area contributed by atoms with E-state index in [0.29, 0.717) is 47.9 Å². The highest BCUT2D eigenvalue weighted by atomic mass is 19.1. The first kappa shape index (κ1) is 18.7. The van der Waals surface area contributed by atoms with Crippen molar-refractivity contribution in [2.24, 2.45) is 15.4 Å². The number of morpholine rings is 1. The lowest BCUT2D eigenvalue weighted by molar-refractivity contribution is -0.0432. The van der Waals surface area contributed by atoms with Crippen molar-refractivity contribution in [3.63, 3.8) is 0 Å². The van der Waals surface area contributed by atoms with Crippen LogP contribution in [0, 0.1) is 18.2 Å². The number of aryl methyl sites for hydroxylation is 1. The Hall–Kier alpha value is -3.07. The van der Waals surface area contributed by atoms with Crippen LogP contribution in [0.25, 0.3) is 22.4 Å². The number of benzene rings is 1. The average molecular weight is 423 g/mol. The summed E-state index contributed by atoms with van der Waals surface area (Å²) in [5.74, 6) is 0.245. The summed E-state index contributed by atoms with van der Waals surface area (Å²) in [6.45, 7) is 6.82. The molecule has 3 aliphatic rings. The van der Waals surface area contributed by atoms with E-state index in [1.807, 2.05) is 32.3 Å². The fraction of sp³-hybridized carbons (Fsp3) is 0.455. The second-order valence-corrected chi connectivity index (χ2v) is 8.73. The van der Waals surface area contributed by atoms with Crippen LogP contribution in [-0.2, 0) is 11.2 Å². The van der Waals surface area contributed by atoms with Crippen LogP contribution in [0.15, 0.2) is 31.2 Å². The van der Waals surface area contributed by atoms with Crippen LogP contribution in [0.3, 0.4) is 0 Å². The zero-order chi connectivity index (χ0) is 21.3. The number of rotatable bonds is 1. The first-order chi connectivity index (χ1) is 15.0. The first-order valence-electron chi connectivity index (χ1n) is 10.5. The van der Waals surface area contributed by atoms with Crippen molar-refractivity contribution in [2.75, 3.05) is 18.1 Å². The molecule has 9 heteroatoms. The van der Waals surface area contributed by atoms with Crippen molar-refractivity contribution in [2.45, 2.75) is 45.4 Å². The number of hydrogen-bond acceptors (Lipinski definition) is 8. The zero-order valence-corrected chi connectivity index (χ0v) is 17.5. The van der Waals surface area contributed by atoms with Gasteiger partial charge in [0, 0.05) is 25.0 Å². The summed E-state index contributed by atoms with van der Waals surface area (Å²) in [5, 5.41) is 8.73. The smallest absolute Gasteiger partial charge is 0.205 e. The summed E-state index contributed by atoms with van der Waals surface area (Å²) in [6.07, 6.45) is 4.34. The molecule has 0 bridgehead atoms. The number of aliphatic imine (C=N–C) groups is 2. The van der Waals surface area contributed by atoms with Crippen molar-refractivity contribution in [1.29, 1.82) is 0 Å². The maximum absolute atomic E-state index is 15.9. The average Bonchev–Trinajstić information content (AvgIpc) is 3.34. The van der Waals surface area contributed by atoms with Crippen LogP contribution in [-0.4, -0.2) is 54.2 Å². The van der Waals surface area contributed by atoms with Crippen molar-refractivity contribution < 1.29 is 18.2 Å². The minimum atomic E-state index is -0.466. The molecular weight excluding hydrogens is 401 g/mol. The topological polar surface area (TPSA) is 89.3 Å². The number of fused-ring (bicyclic) bond motifs is 5. The third kappa shape index (κ3) is 2.62. The van der Waals surface area contributed by atoms with Gasteiger partial charge < -0.3 is 18.7 Å². The Kier molecular flexibility index (Phi) is 3.89. The van der Waals surface area contributed by atoms with Gasteiger partial charge in [-0.05, 0) is 38.8 Å². The highest BCUT2D eigenvalue weighted by molar-refractivity contribution is 5.98. The third-order valence-corrected chi connectivity index (χ3v) is 6.47. The van der Waals surface area contributed by atoms with Gasteiger partial charge in [-0.1, -0.05) is 10.3 Å². The van der Waals surface area contributed by atoms with Gasteiger partial charge in [0.05, 0.1) is 34.7 Å². The van der Waals surface area contributed by atoms with E-state index in [-0.39, 0.29) is 23.8 Å². The molecular formula is C22H22FN5O3. The number of halogens is 1. The zero-order valence-electron chi connectivity index (χ0n) is 17.5. The molecule has 1 spiro atoms. The van der Waals surface area contributed by atoms with E-state index < -0.39 is 11.2 Å². The van der Waals surface area contributed by atoms with Gasteiger partial charge in [-0.3, -0.25) is 9.98 Å². The Balaban J connectivity index is 1.59. The fourth-order valence-electron chi connectivity index (χ4n) is 5.45. The summed E-state index contributed by atoms with van der Waals surface area (Å²) in [5.41, 5.74) is 2.07. The molecule has 3 aromatic rings. The lowest BCUT2D eigenvalue weighted by atomic mass is 9.69. The molecule has 3 aliphatic heterocycles. The normalized spacial score (nSPS) is 26.5. The molecule has 0 aliphatic carbocycles. The van der Waals surface area contributed by atoms with E-state index in [4.69, 9.17) is 13.8 Å². The molecule has 3 atom stereocenters. The van der Waals surface area contributed by atoms with Crippen molar-refractivity contribution in [1.82, 2.24) is 10.3 Å². The standard InChI is InChI=1S/C22H22FN5O3/c1-11-4-16(26-30-11)18-15-5-14-6-22(8-24-10-25-9-22)21-13(3)29-12(2)7-28(21)19(14)17(23)20(15)31-27-18/h4-5,8-9,12-13,21H,6-7,10H2,1-3H3/t12-,13+,21-/m1/s1. The predicted octanol–water partition coefficient (Wildman–Crippen LogP) is 3.57. The molecule has 160 valence electrons. The summed E-state index contributed by atoms with van der Waals surface area (Å²) < 4.78 is 32.7. The Morgan fingerprint density at radius 2 is 1.94 bits per heavy atom. The summed E-state index contributed by atoms with van der Waals surface area (Å²) in [6, 6.07) is 3.61. The predicted molar refractivity (Wildman–Crippen MR) is 113 cm³/mol. The van der Waals surface area contributed by atoms with Crippen LogP contribution >= 0.6 is 0 Å². The van der Waals surface area contributed by atoms with Gasteiger partial charge in [0.15, 0.2) is 5.82 Å². The first-order valence-corrected chi connectivity index (χ1v) is 10.5. The van der Waals surface area contributed by atoms with E-state index in [2.05, 4.69) is 25.2 Å². The molecule has 1 saturated heterocycles. The maximum atomic E-state index is 15.9. The molecule has 0 amide bonds. The molecule has 6 rings (SSSR count). The van der Waals surface area contributed by atoms with E-state index >= 15 is 4.39 Å². The van der Waals surface area contributed by atoms with E-state index in [1.54, 1.807) is 13.0 Å². The molecule has 0 N–H and O–H groups in total. The molecule has 5 heterocycles. The maximum Gasteiger partial charge on any atom is 0.205 e. The second kappa shape index (κ2) is 6.46. The SMILES string of the molecule is Cc1cc(-c2noc3c(F)c4c(cc23)CC2(C=NCN=C2)[C@H]2[C@H](C)O[C@H](C)CN42)no1.